The largest absolute Gasteiger partial charge is 0.466 e. The molecule has 2 atom stereocenters. The van der Waals surface area contributed by atoms with E-state index in [2.05, 4.69) is 55.6 Å². The van der Waals surface area contributed by atoms with E-state index in [1.807, 2.05) is 0 Å². The molecule has 1 amide bonds. The van der Waals surface area contributed by atoms with E-state index >= 15 is 0 Å². The predicted molar refractivity (Wildman–Crippen MR) is 356 cm³/mol. The normalized spacial score (nSPS) is 12.7. The standard InChI is InChI=1S/C75H143NO5/c1-3-5-7-9-11-13-15-17-19-20-37-41-45-49-53-57-61-65-69-75(80)81-70-66-62-58-54-50-46-42-38-35-33-31-29-27-25-23-21-22-24-26-28-30-32-34-36-40-44-48-52-56-60-64-68-74(79)76-72(71-77)73(78)67-63-59-55-51-47-43-39-18-16-14-12-10-8-6-4-2/h19-20,23,25,29,31,72-73,77-78H,3-18,21-22,24,26-28,30,32-71H2,1-2H3,(H,76,79)/b20-19-,25-23-,31-29-. The molecule has 0 heterocycles. The number of carbonyl (C=O) groups is 2. The molecule has 0 spiro atoms. The van der Waals surface area contributed by atoms with E-state index in [-0.39, 0.29) is 18.5 Å². The molecule has 0 fully saturated rings. The average Bonchev–Trinajstić information content (AvgIpc) is 3.47. The summed E-state index contributed by atoms with van der Waals surface area (Å²) < 4.78 is 5.50. The van der Waals surface area contributed by atoms with Crippen molar-refractivity contribution in [2.24, 2.45) is 0 Å². The number of amides is 1. The second kappa shape index (κ2) is 70.6. The van der Waals surface area contributed by atoms with Gasteiger partial charge in [0, 0.05) is 12.8 Å². The summed E-state index contributed by atoms with van der Waals surface area (Å²) in [7, 11) is 0. The molecule has 0 aromatic rings. The summed E-state index contributed by atoms with van der Waals surface area (Å²) in [6.45, 7) is 4.98. The Morgan fingerprint density at radius 2 is 0.617 bits per heavy atom. The lowest BCUT2D eigenvalue weighted by molar-refractivity contribution is -0.143. The molecule has 0 aliphatic carbocycles. The van der Waals surface area contributed by atoms with E-state index in [1.54, 1.807) is 0 Å². The fraction of sp³-hybridized carbons (Fsp3) is 0.893. The first-order valence-electron chi connectivity index (χ1n) is 36.7. The van der Waals surface area contributed by atoms with Gasteiger partial charge in [0.2, 0.25) is 5.91 Å². The van der Waals surface area contributed by atoms with E-state index in [0.29, 0.717) is 25.9 Å². The number of nitrogens with one attached hydrogen (secondary N) is 1. The Morgan fingerprint density at radius 1 is 0.346 bits per heavy atom. The van der Waals surface area contributed by atoms with Crippen LogP contribution >= 0.6 is 0 Å². The second-order valence-corrected chi connectivity index (χ2v) is 25.3. The zero-order chi connectivity index (χ0) is 58.5. The Balaban J connectivity index is 3.38. The third-order valence-corrected chi connectivity index (χ3v) is 17.2. The number of hydrogen-bond acceptors (Lipinski definition) is 5. The van der Waals surface area contributed by atoms with Crippen LogP contribution in [-0.4, -0.2) is 47.4 Å². The van der Waals surface area contributed by atoms with Gasteiger partial charge in [-0.1, -0.05) is 346 Å². The van der Waals surface area contributed by atoms with Crippen molar-refractivity contribution in [3.05, 3.63) is 36.5 Å². The van der Waals surface area contributed by atoms with Gasteiger partial charge in [-0.2, -0.15) is 0 Å². The van der Waals surface area contributed by atoms with Crippen molar-refractivity contribution in [2.75, 3.05) is 13.2 Å². The molecule has 478 valence electrons. The van der Waals surface area contributed by atoms with E-state index < -0.39 is 12.1 Å². The van der Waals surface area contributed by atoms with Crippen LogP contribution in [0, 0.1) is 0 Å². The fourth-order valence-electron chi connectivity index (χ4n) is 11.6. The Bertz CT molecular complexity index is 1310. The molecule has 6 heteroatoms. The zero-order valence-electron chi connectivity index (χ0n) is 54.8. The number of hydrogen-bond donors (Lipinski definition) is 3. The van der Waals surface area contributed by atoms with Gasteiger partial charge in [0.15, 0.2) is 0 Å². The van der Waals surface area contributed by atoms with Crippen molar-refractivity contribution < 1.29 is 24.5 Å². The molecular weight excluding hydrogens is 995 g/mol. The third-order valence-electron chi connectivity index (χ3n) is 17.2. The minimum absolute atomic E-state index is 0.0108. The summed E-state index contributed by atoms with van der Waals surface area (Å²) >= 11 is 0. The smallest absolute Gasteiger partial charge is 0.305 e. The Kier molecular flexibility index (Phi) is 68.9. The molecule has 0 saturated carbocycles. The van der Waals surface area contributed by atoms with Crippen LogP contribution in [0.2, 0.25) is 0 Å². The first-order chi connectivity index (χ1) is 40.0. The average molecular weight is 1140 g/mol. The van der Waals surface area contributed by atoms with Gasteiger partial charge in [-0.25, -0.2) is 0 Å². The van der Waals surface area contributed by atoms with Gasteiger partial charge < -0.3 is 20.3 Å². The molecule has 0 aliphatic rings. The zero-order valence-corrected chi connectivity index (χ0v) is 54.8. The van der Waals surface area contributed by atoms with Gasteiger partial charge in [-0.15, -0.1) is 0 Å². The molecule has 0 aromatic heterocycles. The van der Waals surface area contributed by atoms with Gasteiger partial charge >= 0.3 is 5.97 Å². The number of carbonyl (C=O) groups excluding carboxylic acids is 2. The Hall–Kier alpha value is -1.92. The summed E-state index contributed by atoms with van der Waals surface area (Å²) in [6.07, 6.45) is 90.6. The molecule has 0 rings (SSSR count). The van der Waals surface area contributed by atoms with Crippen molar-refractivity contribution >= 4 is 11.9 Å². The number of rotatable bonds is 69. The Labute approximate surface area is 506 Å². The van der Waals surface area contributed by atoms with Crippen LogP contribution < -0.4 is 5.32 Å². The van der Waals surface area contributed by atoms with Crippen molar-refractivity contribution in [2.45, 2.75) is 418 Å². The molecule has 3 N–H and O–H groups in total. The van der Waals surface area contributed by atoms with Crippen LogP contribution in [0.15, 0.2) is 36.5 Å². The molecule has 0 bridgehead atoms. The number of allylic oxidation sites excluding steroid dienone is 6. The lowest BCUT2D eigenvalue weighted by atomic mass is 10.0. The summed E-state index contributed by atoms with van der Waals surface area (Å²) in [5.41, 5.74) is 0. The highest BCUT2D eigenvalue weighted by molar-refractivity contribution is 5.76. The summed E-state index contributed by atoms with van der Waals surface area (Å²) in [5, 5.41) is 23.3. The summed E-state index contributed by atoms with van der Waals surface area (Å²) in [6, 6.07) is -0.541. The number of aliphatic hydroxyl groups excluding tert-OH is 2. The SMILES string of the molecule is CCCCCCCCC/C=C\CCCCCCCCCC(=O)OCCCCCCCCCCC/C=C\C/C=C\CCCCCCCCCCCCCCCCCC(=O)NC(CO)C(O)CCCCCCCCCCCCCCCCC. The van der Waals surface area contributed by atoms with E-state index in [9.17, 15) is 19.8 Å². The topological polar surface area (TPSA) is 95.9 Å². The van der Waals surface area contributed by atoms with Crippen molar-refractivity contribution in [1.29, 1.82) is 0 Å². The van der Waals surface area contributed by atoms with Crippen molar-refractivity contribution in [3.8, 4) is 0 Å². The van der Waals surface area contributed by atoms with Crippen LogP contribution in [0.25, 0.3) is 0 Å². The lowest BCUT2D eigenvalue weighted by Crippen LogP contribution is -2.45. The molecule has 0 saturated heterocycles. The molecule has 2 unspecified atom stereocenters. The van der Waals surface area contributed by atoms with Crippen molar-refractivity contribution in [1.82, 2.24) is 5.32 Å². The van der Waals surface area contributed by atoms with Crippen LogP contribution in [-0.2, 0) is 14.3 Å². The van der Waals surface area contributed by atoms with Crippen LogP contribution in [0.3, 0.4) is 0 Å². The maximum atomic E-state index is 12.5. The number of unbranched alkanes of at least 4 members (excludes halogenated alkanes) is 52. The first kappa shape index (κ1) is 79.1. The van der Waals surface area contributed by atoms with E-state index in [4.69, 9.17) is 4.74 Å². The highest BCUT2D eigenvalue weighted by atomic mass is 16.5. The molecule has 81 heavy (non-hydrogen) atoms. The molecule has 0 aromatic carbocycles. The molecule has 6 nitrogen and oxygen atoms in total. The van der Waals surface area contributed by atoms with Crippen LogP contribution in [0.5, 0.6) is 0 Å². The van der Waals surface area contributed by atoms with E-state index in [0.717, 1.165) is 51.4 Å². The minimum Gasteiger partial charge on any atom is -0.466 e. The van der Waals surface area contributed by atoms with Crippen LogP contribution in [0.1, 0.15) is 406 Å². The quantitative estimate of drug-likeness (QED) is 0.0320. The maximum Gasteiger partial charge on any atom is 0.305 e. The number of esters is 1. The maximum absolute atomic E-state index is 12.5. The second-order valence-electron chi connectivity index (χ2n) is 25.3. The van der Waals surface area contributed by atoms with Gasteiger partial charge in [0.05, 0.1) is 25.4 Å². The minimum atomic E-state index is -0.664. The highest BCUT2D eigenvalue weighted by Crippen LogP contribution is 2.19. The van der Waals surface area contributed by atoms with Gasteiger partial charge in [-0.3, -0.25) is 9.59 Å². The molecular formula is C75H143NO5. The number of ether oxygens (including phenoxy) is 1. The third kappa shape index (κ3) is 67.1. The monoisotopic (exact) mass is 1140 g/mol. The molecule has 0 radical (unpaired) electrons. The summed E-state index contributed by atoms with van der Waals surface area (Å²) in [4.78, 5) is 24.6. The van der Waals surface area contributed by atoms with Crippen LogP contribution in [0.4, 0.5) is 0 Å². The fourth-order valence-corrected chi connectivity index (χ4v) is 11.6. The molecule has 0 aliphatic heterocycles. The first-order valence-corrected chi connectivity index (χ1v) is 36.7. The van der Waals surface area contributed by atoms with Gasteiger partial charge in [0.1, 0.15) is 0 Å². The van der Waals surface area contributed by atoms with E-state index in [1.165, 1.54) is 321 Å². The predicted octanol–water partition coefficient (Wildman–Crippen LogP) is 23.9. The Morgan fingerprint density at radius 3 is 0.951 bits per heavy atom. The van der Waals surface area contributed by atoms with Gasteiger partial charge in [0.25, 0.3) is 0 Å². The lowest BCUT2D eigenvalue weighted by Gasteiger charge is -2.22. The number of aliphatic hydroxyl groups is 2. The highest BCUT2D eigenvalue weighted by Gasteiger charge is 2.20. The summed E-state index contributed by atoms with van der Waals surface area (Å²) in [5.74, 6) is -0.0209. The van der Waals surface area contributed by atoms with Gasteiger partial charge in [-0.05, 0) is 83.5 Å². The van der Waals surface area contributed by atoms with Crippen molar-refractivity contribution in [3.63, 3.8) is 0 Å².